The van der Waals surface area contributed by atoms with Crippen LogP contribution in [0.5, 0.6) is 0 Å². The molecule has 1 aliphatic heterocycles. The molecule has 0 spiro atoms. The van der Waals surface area contributed by atoms with E-state index in [-0.39, 0.29) is 11.8 Å². The minimum Gasteiger partial charge on any atom is -0.360 e. The smallest absolute Gasteiger partial charge is 0.228 e. The highest BCUT2D eigenvalue weighted by atomic mass is 16.5. The Hall–Kier alpha value is -3.23. The number of nitrogens with zero attached hydrogens (tertiary/aromatic N) is 6. The second-order valence-electron chi connectivity index (χ2n) is 6.28. The second kappa shape index (κ2) is 6.95. The maximum absolute atomic E-state index is 12.4. The van der Waals surface area contributed by atoms with E-state index in [0.29, 0.717) is 11.6 Å². The molecule has 134 valence electrons. The largest absolute Gasteiger partial charge is 0.360 e. The SMILES string of the molecule is Cc1cc(NC(=O)C2CCN(c3cc(-n4ccnc4)ncn3)CC2)no1. The first-order chi connectivity index (χ1) is 12.7. The molecule has 26 heavy (non-hydrogen) atoms. The second-order valence-corrected chi connectivity index (χ2v) is 6.28. The van der Waals surface area contributed by atoms with Crippen LogP contribution in [0.1, 0.15) is 18.6 Å². The molecule has 3 aromatic heterocycles. The zero-order chi connectivity index (χ0) is 17.9. The van der Waals surface area contributed by atoms with Crippen LogP contribution in [-0.2, 0) is 4.79 Å². The Morgan fingerprint density at radius 3 is 2.73 bits per heavy atom. The van der Waals surface area contributed by atoms with Gasteiger partial charge in [0.2, 0.25) is 5.91 Å². The van der Waals surface area contributed by atoms with E-state index in [1.165, 1.54) is 0 Å². The van der Waals surface area contributed by atoms with Crippen LogP contribution >= 0.6 is 0 Å². The highest BCUT2D eigenvalue weighted by Gasteiger charge is 2.26. The van der Waals surface area contributed by atoms with Gasteiger partial charge in [0, 0.05) is 43.5 Å². The summed E-state index contributed by atoms with van der Waals surface area (Å²) in [6.45, 7) is 3.31. The Morgan fingerprint density at radius 1 is 1.23 bits per heavy atom. The predicted octanol–water partition coefficient (Wildman–Crippen LogP) is 1.81. The molecule has 4 heterocycles. The highest BCUT2D eigenvalue weighted by molar-refractivity contribution is 5.91. The molecule has 0 aromatic carbocycles. The number of hydrogen-bond acceptors (Lipinski definition) is 7. The molecule has 9 nitrogen and oxygen atoms in total. The molecule has 0 saturated carbocycles. The van der Waals surface area contributed by atoms with Gasteiger partial charge in [-0.3, -0.25) is 9.36 Å². The van der Waals surface area contributed by atoms with E-state index in [4.69, 9.17) is 4.52 Å². The first-order valence-corrected chi connectivity index (χ1v) is 8.48. The quantitative estimate of drug-likeness (QED) is 0.763. The van der Waals surface area contributed by atoms with Crippen molar-refractivity contribution in [1.82, 2.24) is 24.7 Å². The molecular formula is C17H19N7O2. The number of aryl methyl sites for hydroxylation is 1. The van der Waals surface area contributed by atoms with Crippen molar-refractivity contribution in [3.63, 3.8) is 0 Å². The van der Waals surface area contributed by atoms with E-state index >= 15 is 0 Å². The lowest BCUT2D eigenvalue weighted by molar-refractivity contribution is -0.120. The van der Waals surface area contributed by atoms with E-state index in [1.807, 2.05) is 16.8 Å². The molecule has 1 fully saturated rings. The van der Waals surface area contributed by atoms with Crippen LogP contribution in [0.4, 0.5) is 11.6 Å². The van der Waals surface area contributed by atoms with E-state index in [0.717, 1.165) is 37.6 Å². The molecular weight excluding hydrogens is 334 g/mol. The predicted molar refractivity (Wildman–Crippen MR) is 94.0 cm³/mol. The van der Waals surface area contributed by atoms with Gasteiger partial charge in [0.05, 0.1) is 0 Å². The van der Waals surface area contributed by atoms with Gasteiger partial charge >= 0.3 is 0 Å². The summed E-state index contributed by atoms with van der Waals surface area (Å²) in [5.74, 6) is 2.71. The van der Waals surface area contributed by atoms with Crippen LogP contribution in [0.25, 0.3) is 5.82 Å². The van der Waals surface area contributed by atoms with Crippen molar-refractivity contribution >= 4 is 17.5 Å². The lowest BCUT2D eigenvalue weighted by Crippen LogP contribution is -2.38. The average molecular weight is 353 g/mol. The minimum atomic E-state index is -0.0433. The van der Waals surface area contributed by atoms with Crippen LogP contribution in [0.15, 0.2) is 41.7 Å². The lowest BCUT2D eigenvalue weighted by atomic mass is 9.96. The maximum Gasteiger partial charge on any atom is 0.228 e. The first kappa shape index (κ1) is 16.2. The van der Waals surface area contributed by atoms with Gasteiger partial charge in [0.15, 0.2) is 5.82 Å². The molecule has 1 amide bonds. The van der Waals surface area contributed by atoms with Crippen LogP contribution in [0.3, 0.4) is 0 Å². The molecule has 0 radical (unpaired) electrons. The van der Waals surface area contributed by atoms with Crippen molar-refractivity contribution in [2.45, 2.75) is 19.8 Å². The van der Waals surface area contributed by atoms with Crippen molar-refractivity contribution < 1.29 is 9.32 Å². The van der Waals surface area contributed by atoms with Crippen LogP contribution < -0.4 is 10.2 Å². The van der Waals surface area contributed by atoms with Gasteiger partial charge in [-0.05, 0) is 19.8 Å². The standard InChI is InChI=1S/C17H19N7O2/c1-12-8-14(22-26-12)21-17(25)13-2-5-23(6-3-13)15-9-16(20-10-19-15)24-7-4-18-11-24/h4,7-11,13H,2-3,5-6H2,1H3,(H,21,22,25). The summed E-state index contributed by atoms with van der Waals surface area (Å²) in [5, 5.41) is 6.62. The van der Waals surface area contributed by atoms with E-state index in [9.17, 15) is 4.79 Å². The third-order valence-corrected chi connectivity index (χ3v) is 4.48. The average Bonchev–Trinajstić information content (AvgIpc) is 3.34. The molecule has 4 rings (SSSR count). The molecule has 0 aliphatic carbocycles. The number of hydrogen-bond donors (Lipinski definition) is 1. The van der Waals surface area contributed by atoms with Crippen LogP contribution in [-0.4, -0.2) is 43.7 Å². The Morgan fingerprint density at radius 2 is 2.04 bits per heavy atom. The number of nitrogens with one attached hydrogen (secondary N) is 1. The van der Waals surface area contributed by atoms with Crippen molar-refractivity contribution in [2.75, 3.05) is 23.3 Å². The fourth-order valence-electron chi connectivity index (χ4n) is 3.07. The van der Waals surface area contributed by atoms with Gasteiger partial charge in [-0.2, -0.15) is 0 Å². The summed E-state index contributed by atoms with van der Waals surface area (Å²) >= 11 is 0. The zero-order valence-electron chi connectivity index (χ0n) is 14.4. The summed E-state index contributed by atoms with van der Waals surface area (Å²) in [7, 11) is 0. The number of imidazole rings is 1. The summed E-state index contributed by atoms with van der Waals surface area (Å²) in [5.41, 5.74) is 0. The van der Waals surface area contributed by atoms with Crippen LogP contribution in [0, 0.1) is 12.8 Å². The fourth-order valence-corrected chi connectivity index (χ4v) is 3.07. The molecule has 9 heteroatoms. The first-order valence-electron chi connectivity index (χ1n) is 8.48. The number of carbonyl (C=O) groups is 1. The Balaban J connectivity index is 1.37. The number of anilines is 2. The summed E-state index contributed by atoms with van der Waals surface area (Å²) in [6.07, 6.45) is 8.32. The topological polar surface area (TPSA) is 102 Å². The maximum atomic E-state index is 12.4. The third kappa shape index (κ3) is 3.41. The monoisotopic (exact) mass is 353 g/mol. The van der Waals surface area contributed by atoms with Gasteiger partial charge in [0.25, 0.3) is 0 Å². The van der Waals surface area contributed by atoms with E-state index in [1.54, 1.807) is 31.8 Å². The van der Waals surface area contributed by atoms with Gasteiger partial charge < -0.3 is 14.7 Å². The Labute approximate surface area is 150 Å². The molecule has 3 aromatic rings. The molecule has 0 atom stereocenters. The van der Waals surface area contributed by atoms with Crippen molar-refractivity contribution in [1.29, 1.82) is 0 Å². The normalized spacial score (nSPS) is 15.2. The fraction of sp³-hybridized carbons (Fsp3) is 0.353. The molecule has 1 aliphatic rings. The Kier molecular flexibility index (Phi) is 4.34. The molecule has 0 unspecified atom stereocenters. The van der Waals surface area contributed by atoms with E-state index in [2.05, 4.69) is 30.3 Å². The van der Waals surface area contributed by atoms with Gasteiger partial charge in [-0.1, -0.05) is 5.16 Å². The lowest BCUT2D eigenvalue weighted by Gasteiger charge is -2.32. The third-order valence-electron chi connectivity index (χ3n) is 4.48. The highest BCUT2D eigenvalue weighted by Crippen LogP contribution is 2.23. The van der Waals surface area contributed by atoms with Gasteiger partial charge in [0.1, 0.15) is 30.1 Å². The number of amides is 1. The van der Waals surface area contributed by atoms with Crippen molar-refractivity contribution in [2.24, 2.45) is 5.92 Å². The number of rotatable bonds is 4. The number of piperidine rings is 1. The van der Waals surface area contributed by atoms with E-state index < -0.39 is 0 Å². The summed E-state index contributed by atoms with van der Waals surface area (Å²) in [4.78, 5) is 27.2. The zero-order valence-corrected chi connectivity index (χ0v) is 14.4. The Bertz CT molecular complexity index is 882. The molecule has 0 bridgehead atoms. The minimum absolute atomic E-state index is 0.0141. The summed E-state index contributed by atoms with van der Waals surface area (Å²) in [6, 6.07) is 3.64. The van der Waals surface area contributed by atoms with Gasteiger partial charge in [-0.25, -0.2) is 15.0 Å². The van der Waals surface area contributed by atoms with Crippen molar-refractivity contribution in [3.05, 3.63) is 42.9 Å². The molecule has 1 saturated heterocycles. The number of aromatic nitrogens is 5. The summed E-state index contributed by atoms with van der Waals surface area (Å²) < 4.78 is 6.81. The molecule has 1 N–H and O–H groups in total. The van der Waals surface area contributed by atoms with Gasteiger partial charge in [-0.15, -0.1) is 0 Å². The number of carbonyl (C=O) groups excluding carboxylic acids is 1. The van der Waals surface area contributed by atoms with Crippen LogP contribution in [0.2, 0.25) is 0 Å². The van der Waals surface area contributed by atoms with Crippen molar-refractivity contribution in [3.8, 4) is 5.82 Å².